The fourth-order valence-electron chi connectivity index (χ4n) is 2.71. The fraction of sp³-hybridized carbons (Fsp3) is 0.500. The molecule has 2 nitrogen and oxygen atoms in total. The molecule has 3 rings (SSSR count). The van der Waals surface area contributed by atoms with Gasteiger partial charge in [0.1, 0.15) is 0 Å². The summed E-state index contributed by atoms with van der Waals surface area (Å²) in [5.74, 6) is 2.45. The molecule has 4 atom stereocenters. The van der Waals surface area contributed by atoms with E-state index in [1.54, 1.807) is 0 Å². The number of fused-ring (bicyclic) bond motifs is 1. The molecule has 17 heavy (non-hydrogen) atoms. The predicted molar refractivity (Wildman–Crippen MR) is 71.4 cm³/mol. The zero-order chi connectivity index (χ0) is 11.8. The van der Waals surface area contributed by atoms with Crippen molar-refractivity contribution in [1.82, 2.24) is 5.32 Å². The summed E-state index contributed by atoms with van der Waals surface area (Å²) in [6.07, 6.45) is 1.04. The molecule has 1 N–H and O–H groups in total. The monoisotopic (exact) mass is 248 g/mol. The van der Waals surface area contributed by atoms with Gasteiger partial charge in [0.15, 0.2) is 0 Å². The lowest BCUT2D eigenvalue weighted by Gasteiger charge is -2.20. The minimum Gasteiger partial charge on any atom is -0.369 e. The minimum atomic E-state index is 0.314. The normalized spacial score (nSPS) is 37.4. The Morgan fingerprint density at radius 3 is 2.82 bits per heavy atom. The summed E-state index contributed by atoms with van der Waals surface area (Å²) in [6.45, 7) is 3.04. The van der Waals surface area contributed by atoms with E-state index in [1.807, 2.05) is 6.07 Å². The van der Waals surface area contributed by atoms with Crippen molar-refractivity contribution in [3.63, 3.8) is 0 Å². The van der Waals surface area contributed by atoms with Gasteiger partial charge in [0, 0.05) is 18.4 Å². The van der Waals surface area contributed by atoms with Crippen molar-refractivity contribution in [1.29, 1.82) is 0 Å². The van der Waals surface area contributed by atoms with Gasteiger partial charge in [-0.2, -0.15) is 0 Å². The van der Waals surface area contributed by atoms with Gasteiger partial charge in [0.25, 0.3) is 0 Å². The molecule has 1 aliphatic heterocycles. The Kier molecular flexibility index (Phi) is 2.83. The van der Waals surface area contributed by atoms with Crippen LogP contribution in [-0.4, -0.2) is 17.3 Å². The highest BCUT2D eigenvalue weighted by Crippen LogP contribution is 2.46. The number of nitrogens with zero attached hydrogens (tertiary/aromatic N) is 1. The molecule has 2 fully saturated rings. The third kappa shape index (κ3) is 2.19. The second kappa shape index (κ2) is 4.34. The average Bonchev–Trinajstić information content (AvgIpc) is 3.00. The highest BCUT2D eigenvalue weighted by Gasteiger charge is 2.55. The van der Waals surface area contributed by atoms with Gasteiger partial charge in [0.2, 0.25) is 0 Å². The first-order valence-corrected chi connectivity index (χ1v) is 6.67. The van der Waals surface area contributed by atoms with E-state index in [2.05, 4.69) is 41.5 Å². The third-order valence-electron chi connectivity index (χ3n) is 3.79. The van der Waals surface area contributed by atoms with E-state index in [4.69, 9.17) is 11.6 Å². The van der Waals surface area contributed by atoms with Gasteiger partial charge in [-0.1, -0.05) is 37.3 Å². The van der Waals surface area contributed by atoms with Crippen molar-refractivity contribution in [3.05, 3.63) is 35.9 Å². The summed E-state index contributed by atoms with van der Waals surface area (Å²) < 4.78 is 0. The molecule has 0 radical (unpaired) electrons. The van der Waals surface area contributed by atoms with E-state index in [1.165, 1.54) is 5.56 Å². The van der Waals surface area contributed by atoms with Gasteiger partial charge in [-0.05, 0) is 11.5 Å². The molecule has 2 aliphatic rings. The van der Waals surface area contributed by atoms with Crippen LogP contribution >= 0.6 is 11.6 Å². The number of halogens is 1. The van der Waals surface area contributed by atoms with Crippen molar-refractivity contribution < 1.29 is 0 Å². The molecule has 0 aromatic heterocycles. The smallest absolute Gasteiger partial charge is 0.0972 e. The molecule has 0 bridgehead atoms. The molecule has 1 aromatic carbocycles. The van der Waals surface area contributed by atoms with Gasteiger partial charge >= 0.3 is 0 Å². The standard InChI is InChI=1S/C14H17ClN2/c1-9-7-11(17-14-12(9)13(14)15)16-8-10-5-3-2-4-6-10/h2-6,9,12-14H,7-8H2,1H3,(H,16,17). The van der Waals surface area contributed by atoms with Crippen LogP contribution < -0.4 is 5.32 Å². The number of nitrogens with one attached hydrogen (secondary N) is 1. The molecule has 1 aliphatic carbocycles. The maximum Gasteiger partial charge on any atom is 0.0972 e. The Hall–Kier alpha value is -1.02. The largest absolute Gasteiger partial charge is 0.369 e. The second-order valence-electron chi connectivity index (χ2n) is 5.12. The van der Waals surface area contributed by atoms with Crippen LogP contribution in [0.4, 0.5) is 0 Å². The maximum atomic E-state index is 6.22. The lowest BCUT2D eigenvalue weighted by molar-refractivity contribution is 0.474. The van der Waals surface area contributed by atoms with Crippen LogP contribution in [0.3, 0.4) is 0 Å². The van der Waals surface area contributed by atoms with Crippen LogP contribution in [0, 0.1) is 11.8 Å². The quantitative estimate of drug-likeness (QED) is 0.800. The van der Waals surface area contributed by atoms with E-state index < -0.39 is 0 Å². The predicted octanol–water partition coefficient (Wildman–Crippen LogP) is 2.82. The SMILES string of the molecule is CC1CC(=NCc2ccccc2)NC2C(Cl)C12. The molecule has 0 amide bonds. The Bertz CT molecular complexity index is 419. The second-order valence-corrected chi connectivity index (χ2v) is 5.63. The molecular formula is C14H17ClN2. The number of aliphatic imine (C=N–C) groups is 1. The number of piperidine rings is 1. The van der Waals surface area contributed by atoms with E-state index in [0.29, 0.717) is 23.3 Å². The van der Waals surface area contributed by atoms with E-state index in [9.17, 15) is 0 Å². The first-order valence-electron chi connectivity index (χ1n) is 6.23. The molecule has 1 saturated heterocycles. The van der Waals surface area contributed by atoms with E-state index >= 15 is 0 Å². The third-order valence-corrected chi connectivity index (χ3v) is 4.35. The Morgan fingerprint density at radius 2 is 2.12 bits per heavy atom. The number of alkyl halides is 1. The topological polar surface area (TPSA) is 24.4 Å². The number of hydrogen-bond acceptors (Lipinski definition) is 1. The average molecular weight is 249 g/mol. The van der Waals surface area contributed by atoms with Crippen LogP contribution in [-0.2, 0) is 6.54 Å². The van der Waals surface area contributed by atoms with E-state index in [0.717, 1.165) is 18.8 Å². The zero-order valence-electron chi connectivity index (χ0n) is 9.94. The van der Waals surface area contributed by atoms with Crippen LogP contribution in [0.1, 0.15) is 18.9 Å². The molecule has 1 aromatic rings. The summed E-state index contributed by atoms with van der Waals surface area (Å²) in [5.41, 5.74) is 1.26. The van der Waals surface area contributed by atoms with Crippen molar-refractivity contribution in [2.24, 2.45) is 16.8 Å². The molecule has 0 spiro atoms. The van der Waals surface area contributed by atoms with Gasteiger partial charge in [0.05, 0.1) is 17.8 Å². The van der Waals surface area contributed by atoms with Gasteiger partial charge in [-0.25, -0.2) is 0 Å². The lowest BCUT2D eigenvalue weighted by atomic mass is 9.98. The highest BCUT2D eigenvalue weighted by molar-refractivity contribution is 6.24. The maximum absolute atomic E-state index is 6.22. The molecule has 90 valence electrons. The molecular weight excluding hydrogens is 232 g/mol. The van der Waals surface area contributed by atoms with Gasteiger partial charge in [-0.15, -0.1) is 11.6 Å². The van der Waals surface area contributed by atoms with Gasteiger partial charge < -0.3 is 5.32 Å². The first-order chi connectivity index (χ1) is 8.25. The number of benzene rings is 1. The van der Waals surface area contributed by atoms with Crippen molar-refractivity contribution in [2.75, 3.05) is 0 Å². The number of amidine groups is 1. The molecule has 1 heterocycles. The summed E-state index contributed by atoms with van der Waals surface area (Å²) in [7, 11) is 0. The van der Waals surface area contributed by atoms with Crippen molar-refractivity contribution in [2.45, 2.75) is 31.3 Å². The Morgan fingerprint density at radius 1 is 1.35 bits per heavy atom. The zero-order valence-corrected chi connectivity index (χ0v) is 10.7. The van der Waals surface area contributed by atoms with Crippen molar-refractivity contribution >= 4 is 17.4 Å². The van der Waals surface area contributed by atoms with Crippen molar-refractivity contribution in [3.8, 4) is 0 Å². The first kappa shape index (κ1) is 11.1. The van der Waals surface area contributed by atoms with Crippen LogP contribution in [0.2, 0.25) is 0 Å². The minimum absolute atomic E-state index is 0.314. The fourth-order valence-corrected chi connectivity index (χ4v) is 3.26. The van der Waals surface area contributed by atoms with Gasteiger partial charge in [-0.3, -0.25) is 4.99 Å². The Labute approximate surface area is 107 Å². The number of rotatable bonds is 2. The van der Waals surface area contributed by atoms with Crippen LogP contribution in [0.15, 0.2) is 35.3 Å². The van der Waals surface area contributed by atoms with Crippen LogP contribution in [0.5, 0.6) is 0 Å². The van der Waals surface area contributed by atoms with Crippen LogP contribution in [0.25, 0.3) is 0 Å². The van der Waals surface area contributed by atoms with E-state index in [-0.39, 0.29) is 0 Å². The lowest BCUT2D eigenvalue weighted by Crippen LogP contribution is -2.34. The molecule has 1 saturated carbocycles. The summed E-state index contributed by atoms with van der Waals surface area (Å²) in [5, 5.41) is 3.77. The Balaban J connectivity index is 1.65. The highest BCUT2D eigenvalue weighted by atomic mass is 35.5. The summed E-state index contributed by atoms with van der Waals surface area (Å²) in [4.78, 5) is 4.66. The molecule has 4 unspecified atom stereocenters. The summed E-state index contributed by atoms with van der Waals surface area (Å²) in [6, 6.07) is 10.8. The molecule has 3 heteroatoms. The summed E-state index contributed by atoms with van der Waals surface area (Å²) >= 11 is 6.22. The number of hydrogen-bond donors (Lipinski definition) is 1.